The third kappa shape index (κ3) is 4.29. The average Bonchev–Trinajstić information content (AvgIpc) is 3.18. The molecule has 0 saturated heterocycles. The summed E-state index contributed by atoms with van der Waals surface area (Å²) in [6, 6.07) is 15.8. The van der Waals surface area contributed by atoms with E-state index in [4.69, 9.17) is 4.74 Å². The molecule has 0 aliphatic rings. The lowest BCUT2D eigenvalue weighted by Gasteiger charge is -2.15. The molecule has 0 saturated carbocycles. The molecule has 4 rings (SSSR count). The van der Waals surface area contributed by atoms with Crippen molar-refractivity contribution in [2.24, 2.45) is 0 Å². The number of benzene rings is 2. The maximum Gasteiger partial charge on any atom is 0.416 e. The highest BCUT2D eigenvalue weighted by atomic mass is 32.1. The minimum atomic E-state index is -4.59. The van der Waals surface area contributed by atoms with Gasteiger partial charge >= 0.3 is 12.1 Å². The normalized spacial score (nSPS) is 12.6. The molecule has 2 heterocycles. The van der Waals surface area contributed by atoms with Gasteiger partial charge in [-0.1, -0.05) is 30.3 Å². The topological polar surface area (TPSA) is 68.5 Å². The Bertz CT molecular complexity index is 1380. The van der Waals surface area contributed by atoms with E-state index in [9.17, 15) is 27.9 Å². The van der Waals surface area contributed by atoms with Crippen molar-refractivity contribution in [2.45, 2.75) is 19.2 Å². The van der Waals surface area contributed by atoms with Crippen molar-refractivity contribution in [1.29, 1.82) is 0 Å². The molecule has 0 bridgehead atoms. The highest BCUT2D eigenvalue weighted by Crippen LogP contribution is 2.40. The summed E-state index contributed by atoms with van der Waals surface area (Å²) in [7, 11) is 0. The van der Waals surface area contributed by atoms with Gasteiger partial charge in [0, 0.05) is 17.0 Å². The molecule has 1 atom stereocenters. The number of ether oxygens (including phenoxy) is 1. The number of carbonyl (C=O) groups excluding carboxylic acids is 1. The second kappa shape index (κ2) is 8.84. The summed E-state index contributed by atoms with van der Waals surface area (Å²) >= 11 is 0.947. The number of thiophene rings is 1. The maximum atomic E-state index is 13.2. The Morgan fingerprint density at radius 2 is 1.82 bits per heavy atom. The third-order valence-corrected chi connectivity index (χ3v) is 6.24. The third-order valence-electron chi connectivity index (χ3n) is 5.06. The van der Waals surface area contributed by atoms with Crippen LogP contribution in [0.4, 0.5) is 13.2 Å². The van der Waals surface area contributed by atoms with E-state index in [0.717, 1.165) is 23.5 Å². The van der Waals surface area contributed by atoms with Crippen LogP contribution < -0.4 is 5.56 Å². The Hall–Kier alpha value is -3.43. The largest absolute Gasteiger partial charge is 0.462 e. The Morgan fingerprint density at radius 1 is 1.09 bits per heavy atom. The summed E-state index contributed by atoms with van der Waals surface area (Å²) in [5, 5.41) is 11.5. The smallest absolute Gasteiger partial charge is 0.416 e. The van der Waals surface area contributed by atoms with Crippen molar-refractivity contribution in [3.8, 4) is 5.69 Å². The predicted molar refractivity (Wildman–Crippen MR) is 119 cm³/mol. The van der Waals surface area contributed by atoms with E-state index < -0.39 is 23.8 Å². The van der Waals surface area contributed by atoms with Crippen LogP contribution in [0.3, 0.4) is 0 Å². The minimum Gasteiger partial charge on any atom is -0.462 e. The van der Waals surface area contributed by atoms with E-state index in [1.54, 1.807) is 37.3 Å². The van der Waals surface area contributed by atoms with Crippen molar-refractivity contribution in [1.82, 2.24) is 4.57 Å². The highest BCUT2D eigenvalue weighted by molar-refractivity contribution is 7.20. The van der Waals surface area contributed by atoms with E-state index in [2.05, 4.69) is 0 Å². The van der Waals surface area contributed by atoms with Crippen molar-refractivity contribution >= 4 is 27.5 Å². The summed E-state index contributed by atoms with van der Waals surface area (Å²) in [4.78, 5) is 25.8. The summed E-state index contributed by atoms with van der Waals surface area (Å²) in [6.07, 6.45) is -6.15. The molecule has 33 heavy (non-hydrogen) atoms. The second-order valence-corrected chi connectivity index (χ2v) is 8.15. The molecule has 5 nitrogen and oxygen atoms in total. The Kier molecular flexibility index (Phi) is 6.09. The molecular weight excluding hydrogens is 455 g/mol. The molecule has 170 valence electrons. The molecule has 0 amide bonds. The number of fused-ring (bicyclic) bond motifs is 1. The number of aliphatic hydroxyl groups is 1. The monoisotopic (exact) mass is 473 g/mol. The van der Waals surface area contributed by atoms with Crippen LogP contribution in [0.2, 0.25) is 0 Å². The maximum absolute atomic E-state index is 13.2. The van der Waals surface area contributed by atoms with Crippen LogP contribution in [0.5, 0.6) is 0 Å². The zero-order chi connectivity index (χ0) is 23.8. The number of pyridine rings is 1. The average molecular weight is 473 g/mol. The van der Waals surface area contributed by atoms with E-state index >= 15 is 0 Å². The van der Waals surface area contributed by atoms with Gasteiger partial charge < -0.3 is 9.84 Å². The molecule has 4 aromatic rings. The van der Waals surface area contributed by atoms with Gasteiger partial charge in [0.05, 0.1) is 17.9 Å². The van der Waals surface area contributed by atoms with Crippen LogP contribution in [0, 0.1) is 0 Å². The highest BCUT2D eigenvalue weighted by Gasteiger charge is 2.32. The van der Waals surface area contributed by atoms with Gasteiger partial charge in [-0.2, -0.15) is 13.2 Å². The molecule has 1 N–H and O–H groups in total. The van der Waals surface area contributed by atoms with Crippen molar-refractivity contribution in [3.05, 3.63) is 98.7 Å². The Morgan fingerprint density at radius 3 is 2.48 bits per heavy atom. The number of aromatic nitrogens is 1. The first kappa shape index (κ1) is 22.8. The van der Waals surface area contributed by atoms with Crippen LogP contribution in [0.15, 0.2) is 71.5 Å². The number of hydrogen-bond acceptors (Lipinski definition) is 5. The van der Waals surface area contributed by atoms with E-state index in [1.807, 2.05) is 0 Å². The van der Waals surface area contributed by atoms with Gasteiger partial charge in [-0.15, -0.1) is 11.3 Å². The van der Waals surface area contributed by atoms with Crippen LogP contribution >= 0.6 is 11.3 Å². The number of alkyl halides is 3. The van der Waals surface area contributed by atoms with Crippen molar-refractivity contribution < 1.29 is 27.8 Å². The number of para-hydroxylation sites is 1. The predicted octanol–water partition coefficient (Wildman–Crippen LogP) is 5.33. The fraction of sp³-hybridized carbons (Fsp3) is 0.167. The van der Waals surface area contributed by atoms with E-state index in [0.29, 0.717) is 15.9 Å². The first-order chi connectivity index (χ1) is 15.7. The van der Waals surface area contributed by atoms with Crippen molar-refractivity contribution in [3.63, 3.8) is 0 Å². The summed E-state index contributed by atoms with van der Waals surface area (Å²) in [5.41, 5.74) is -0.669. The lowest BCUT2D eigenvalue weighted by molar-refractivity contribution is -0.137. The molecule has 1 unspecified atom stereocenters. The van der Waals surface area contributed by atoms with E-state index in [-0.39, 0.29) is 28.2 Å². The van der Waals surface area contributed by atoms with Crippen LogP contribution in [-0.2, 0) is 10.9 Å². The lowest BCUT2D eigenvalue weighted by Crippen LogP contribution is -2.16. The first-order valence-electron chi connectivity index (χ1n) is 9.98. The quantitative estimate of drug-likeness (QED) is 0.398. The summed E-state index contributed by atoms with van der Waals surface area (Å²) < 4.78 is 46.2. The van der Waals surface area contributed by atoms with Crippen molar-refractivity contribution in [2.75, 3.05) is 6.61 Å². The van der Waals surface area contributed by atoms with E-state index in [1.165, 1.54) is 28.8 Å². The molecule has 2 aromatic carbocycles. The van der Waals surface area contributed by atoms with Crippen LogP contribution in [0.1, 0.15) is 39.4 Å². The van der Waals surface area contributed by atoms with Gasteiger partial charge in [0.25, 0.3) is 5.56 Å². The summed E-state index contributed by atoms with van der Waals surface area (Å²) in [6.45, 7) is 1.69. The molecule has 0 fully saturated rings. The number of hydrogen-bond donors (Lipinski definition) is 1. The first-order valence-corrected chi connectivity index (χ1v) is 10.8. The van der Waals surface area contributed by atoms with Gasteiger partial charge in [0.1, 0.15) is 15.8 Å². The number of rotatable bonds is 5. The summed E-state index contributed by atoms with van der Waals surface area (Å²) in [5.74, 6) is -0.730. The molecule has 0 radical (unpaired) electrons. The molecule has 9 heteroatoms. The lowest BCUT2D eigenvalue weighted by atomic mass is 9.97. The molecule has 0 aliphatic heterocycles. The van der Waals surface area contributed by atoms with Gasteiger partial charge in [-0.25, -0.2) is 4.79 Å². The fourth-order valence-electron chi connectivity index (χ4n) is 3.59. The number of halogens is 3. The minimum absolute atomic E-state index is 0.0204. The molecule has 2 aromatic heterocycles. The zero-order valence-corrected chi connectivity index (χ0v) is 18.1. The Balaban J connectivity index is 1.98. The Labute approximate surface area is 190 Å². The zero-order valence-electron chi connectivity index (χ0n) is 17.3. The molecule has 0 aliphatic carbocycles. The number of carbonyl (C=O) groups is 1. The van der Waals surface area contributed by atoms with Gasteiger partial charge in [-0.05, 0) is 42.8 Å². The molecular formula is C24H18F3NO4S. The number of nitrogens with zero attached hydrogens (tertiary/aromatic N) is 1. The fourth-order valence-corrected chi connectivity index (χ4v) is 4.84. The molecule has 0 spiro atoms. The SMILES string of the molecule is CCOC(=O)c1sc2c(ccc(=O)n2-c2ccccc2)c1C(O)c1cccc(C(F)(F)F)c1. The number of aliphatic hydroxyl groups excluding tert-OH is 1. The standard InChI is InChI=1S/C24H18F3NO4S/c1-2-32-23(31)21-19(20(30)14-7-6-8-15(13-14)24(25,26)27)17-11-12-18(29)28(22(17)33-21)16-9-4-3-5-10-16/h3-13,20,30H,2H2,1H3. The van der Waals surface area contributed by atoms with Gasteiger partial charge in [0.15, 0.2) is 0 Å². The number of esters is 1. The van der Waals surface area contributed by atoms with Gasteiger partial charge in [0.2, 0.25) is 0 Å². The van der Waals surface area contributed by atoms with Crippen LogP contribution in [-0.4, -0.2) is 22.2 Å². The van der Waals surface area contributed by atoms with Crippen LogP contribution in [0.25, 0.3) is 15.9 Å². The second-order valence-electron chi connectivity index (χ2n) is 7.15. The van der Waals surface area contributed by atoms with Gasteiger partial charge in [-0.3, -0.25) is 9.36 Å².